The Morgan fingerprint density at radius 3 is 2.71 bits per heavy atom. The zero-order valence-corrected chi connectivity index (χ0v) is 10.5. The van der Waals surface area contributed by atoms with Crippen molar-refractivity contribution < 1.29 is 8.78 Å². The van der Waals surface area contributed by atoms with E-state index in [1.54, 1.807) is 0 Å². The number of hydrogen-bond acceptors (Lipinski definition) is 3. The highest BCUT2D eigenvalue weighted by atomic mass is 35.5. The molecular weight excluding hydrogens is 271 g/mol. The summed E-state index contributed by atoms with van der Waals surface area (Å²) in [6.45, 7) is 1.43. The van der Waals surface area contributed by atoms with E-state index in [4.69, 9.17) is 17.3 Å². The molecule has 1 aliphatic rings. The van der Waals surface area contributed by atoms with Gasteiger partial charge in [0.05, 0.1) is 5.02 Å². The minimum atomic E-state index is -2.54. The zero-order chi connectivity index (χ0) is 11.7. The first-order valence-electron chi connectivity index (χ1n) is 5.02. The summed E-state index contributed by atoms with van der Waals surface area (Å²) in [5.41, 5.74) is 5.60. The number of nitrogens with zero attached hydrogens (tertiary/aromatic N) is 2. The van der Waals surface area contributed by atoms with Crippen LogP contribution < -0.4 is 10.6 Å². The summed E-state index contributed by atoms with van der Waals surface area (Å²) in [6.07, 6.45) is -0.510. The van der Waals surface area contributed by atoms with Crippen molar-refractivity contribution in [3.63, 3.8) is 0 Å². The average Bonchev–Trinajstić information content (AvgIpc) is 2.64. The van der Waals surface area contributed by atoms with Crippen LogP contribution in [0.4, 0.5) is 14.6 Å². The molecule has 1 atom stereocenters. The molecule has 1 aromatic heterocycles. The van der Waals surface area contributed by atoms with Crippen LogP contribution in [0, 0.1) is 0 Å². The summed E-state index contributed by atoms with van der Waals surface area (Å²) in [5.74, 6) is 0.541. The smallest absolute Gasteiger partial charge is 0.265 e. The molecule has 1 fully saturated rings. The number of aromatic nitrogens is 1. The minimum absolute atomic E-state index is 0. The Balaban J connectivity index is 0.00000144. The summed E-state index contributed by atoms with van der Waals surface area (Å²) < 4.78 is 24.8. The van der Waals surface area contributed by atoms with Gasteiger partial charge < -0.3 is 10.6 Å². The molecule has 0 radical (unpaired) electrons. The number of alkyl halides is 2. The van der Waals surface area contributed by atoms with Gasteiger partial charge in [-0.15, -0.1) is 12.4 Å². The van der Waals surface area contributed by atoms with E-state index < -0.39 is 6.43 Å². The van der Waals surface area contributed by atoms with Gasteiger partial charge in [-0.1, -0.05) is 11.6 Å². The van der Waals surface area contributed by atoms with Crippen LogP contribution in [0.3, 0.4) is 0 Å². The van der Waals surface area contributed by atoms with Gasteiger partial charge in [0.15, 0.2) is 0 Å². The van der Waals surface area contributed by atoms with Crippen LogP contribution in [0.15, 0.2) is 12.3 Å². The maximum atomic E-state index is 12.4. The first kappa shape index (κ1) is 14.4. The minimum Gasteiger partial charge on any atom is -0.354 e. The SMILES string of the molecule is Cl.NC1CCN(c2ncc(C(F)F)cc2Cl)C1. The summed E-state index contributed by atoms with van der Waals surface area (Å²) in [6, 6.07) is 1.37. The Morgan fingerprint density at radius 1 is 1.53 bits per heavy atom. The lowest BCUT2D eigenvalue weighted by Crippen LogP contribution is -2.27. The molecule has 0 bridgehead atoms. The Bertz CT molecular complexity index is 390. The molecule has 0 spiro atoms. The molecule has 1 saturated heterocycles. The first-order valence-corrected chi connectivity index (χ1v) is 5.40. The fourth-order valence-corrected chi connectivity index (χ4v) is 2.07. The van der Waals surface area contributed by atoms with E-state index in [9.17, 15) is 8.78 Å². The van der Waals surface area contributed by atoms with E-state index in [1.807, 2.05) is 4.90 Å². The van der Waals surface area contributed by atoms with Crippen molar-refractivity contribution in [3.8, 4) is 0 Å². The van der Waals surface area contributed by atoms with Crippen LogP contribution in [-0.2, 0) is 0 Å². The molecule has 0 aliphatic carbocycles. The van der Waals surface area contributed by atoms with Crippen LogP contribution in [0.2, 0.25) is 5.02 Å². The van der Waals surface area contributed by atoms with E-state index >= 15 is 0 Å². The number of halogens is 4. The Kier molecular flexibility index (Phi) is 4.91. The van der Waals surface area contributed by atoms with Gasteiger partial charge in [-0.25, -0.2) is 13.8 Å². The average molecular weight is 284 g/mol. The topological polar surface area (TPSA) is 42.1 Å². The van der Waals surface area contributed by atoms with Gasteiger partial charge in [-0.05, 0) is 12.5 Å². The van der Waals surface area contributed by atoms with E-state index in [1.165, 1.54) is 6.07 Å². The van der Waals surface area contributed by atoms with Gasteiger partial charge in [-0.2, -0.15) is 0 Å². The molecule has 7 heteroatoms. The lowest BCUT2D eigenvalue weighted by atomic mass is 10.3. The van der Waals surface area contributed by atoms with Crippen molar-refractivity contribution in [3.05, 3.63) is 22.8 Å². The Labute approximate surface area is 109 Å². The summed E-state index contributed by atoms with van der Waals surface area (Å²) >= 11 is 5.92. The monoisotopic (exact) mass is 283 g/mol. The number of nitrogens with two attached hydrogens (primary N) is 1. The van der Waals surface area contributed by atoms with E-state index in [0.717, 1.165) is 19.2 Å². The second-order valence-corrected chi connectivity index (χ2v) is 4.28. The van der Waals surface area contributed by atoms with Gasteiger partial charge >= 0.3 is 0 Å². The number of pyridine rings is 1. The predicted octanol–water partition coefficient (Wildman–Crippen LogP) is 2.63. The van der Waals surface area contributed by atoms with Crippen molar-refractivity contribution in [2.24, 2.45) is 5.73 Å². The number of hydrogen-bond donors (Lipinski definition) is 1. The maximum Gasteiger partial charge on any atom is 0.265 e. The molecular formula is C10H13Cl2F2N3. The molecule has 2 rings (SSSR count). The van der Waals surface area contributed by atoms with Crippen molar-refractivity contribution >= 4 is 29.8 Å². The van der Waals surface area contributed by atoms with Gasteiger partial charge in [0.25, 0.3) is 6.43 Å². The van der Waals surface area contributed by atoms with Crippen LogP contribution in [0.1, 0.15) is 18.4 Å². The lowest BCUT2D eigenvalue weighted by Gasteiger charge is -2.18. The molecule has 17 heavy (non-hydrogen) atoms. The second-order valence-electron chi connectivity index (χ2n) is 3.87. The lowest BCUT2D eigenvalue weighted by molar-refractivity contribution is 0.151. The normalized spacial score (nSPS) is 19.6. The molecule has 0 aromatic carbocycles. The quantitative estimate of drug-likeness (QED) is 0.907. The van der Waals surface area contributed by atoms with Crippen LogP contribution in [0.25, 0.3) is 0 Å². The highest BCUT2D eigenvalue weighted by Gasteiger charge is 2.22. The van der Waals surface area contributed by atoms with Gasteiger partial charge in [0.1, 0.15) is 5.82 Å². The molecule has 96 valence electrons. The number of rotatable bonds is 2. The van der Waals surface area contributed by atoms with Crippen molar-refractivity contribution in [2.45, 2.75) is 18.9 Å². The van der Waals surface area contributed by atoms with Crippen molar-refractivity contribution in [1.82, 2.24) is 4.98 Å². The zero-order valence-electron chi connectivity index (χ0n) is 8.94. The standard InChI is InChI=1S/C10H12ClF2N3.ClH/c11-8-3-6(9(12)13)4-15-10(8)16-2-1-7(14)5-16;/h3-4,7,9H,1-2,5,14H2;1H. The first-order chi connectivity index (χ1) is 7.58. The van der Waals surface area contributed by atoms with Crippen molar-refractivity contribution in [2.75, 3.05) is 18.0 Å². The molecule has 2 heterocycles. The third kappa shape index (κ3) is 3.18. The van der Waals surface area contributed by atoms with E-state index in [2.05, 4.69) is 4.98 Å². The Morgan fingerprint density at radius 2 is 2.24 bits per heavy atom. The molecule has 1 aliphatic heterocycles. The van der Waals surface area contributed by atoms with Gasteiger partial charge in [0, 0.05) is 30.9 Å². The van der Waals surface area contributed by atoms with Crippen LogP contribution in [-0.4, -0.2) is 24.1 Å². The van der Waals surface area contributed by atoms with Gasteiger partial charge in [-0.3, -0.25) is 0 Å². The van der Waals surface area contributed by atoms with Gasteiger partial charge in [0.2, 0.25) is 0 Å². The molecule has 3 nitrogen and oxygen atoms in total. The highest BCUT2D eigenvalue weighted by molar-refractivity contribution is 6.33. The Hall–Kier alpha value is -0.650. The molecule has 2 N–H and O–H groups in total. The van der Waals surface area contributed by atoms with E-state index in [0.29, 0.717) is 12.4 Å². The number of anilines is 1. The highest BCUT2D eigenvalue weighted by Crippen LogP contribution is 2.29. The molecule has 1 aromatic rings. The molecule has 1 unspecified atom stereocenters. The molecule has 0 saturated carbocycles. The second kappa shape index (κ2) is 5.80. The fourth-order valence-electron chi connectivity index (χ4n) is 1.78. The van der Waals surface area contributed by atoms with E-state index in [-0.39, 0.29) is 29.0 Å². The van der Waals surface area contributed by atoms with Crippen LogP contribution >= 0.6 is 24.0 Å². The van der Waals surface area contributed by atoms with Crippen molar-refractivity contribution in [1.29, 1.82) is 0 Å². The third-order valence-electron chi connectivity index (χ3n) is 2.62. The summed E-state index contributed by atoms with van der Waals surface area (Å²) in [4.78, 5) is 5.89. The maximum absolute atomic E-state index is 12.4. The summed E-state index contributed by atoms with van der Waals surface area (Å²) in [7, 11) is 0. The largest absolute Gasteiger partial charge is 0.354 e. The fraction of sp³-hybridized carbons (Fsp3) is 0.500. The predicted molar refractivity (Wildman–Crippen MR) is 66.3 cm³/mol. The van der Waals surface area contributed by atoms with Crippen LogP contribution in [0.5, 0.6) is 0 Å². The third-order valence-corrected chi connectivity index (χ3v) is 2.90. The summed E-state index contributed by atoms with van der Waals surface area (Å²) in [5, 5.41) is 0.256. The molecule has 0 amide bonds.